The van der Waals surface area contributed by atoms with Crippen molar-refractivity contribution in [1.82, 2.24) is 5.32 Å². The van der Waals surface area contributed by atoms with Gasteiger partial charge in [0.05, 0.1) is 11.6 Å². The molecular weight excluding hydrogens is 240 g/mol. The van der Waals surface area contributed by atoms with Gasteiger partial charge in [-0.3, -0.25) is 0 Å². The van der Waals surface area contributed by atoms with Gasteiger partial charge in [-0.15, -0.1) is 0 Å². The summed E-state index contributed by atoms with van der Waals surface area (Å²) in [5, 5.41) is 11.5. The Labute approximate surface area is 114 Å². The lowest BCUT2D eigenvalue weighted by molar-refractivity contribution is 0.0508. The number of carbonyl (C=O) groups is 1. The van der Waals surface area contributed by atoms with Gasteiger partial charge < -0.3 is 10.1 Å². The highest BCUT2D eigenvalue weighted by Gasteiger charge is 2.17. The summed E-state index contributed by atoms with van der Waals surface area (Å²) < 4.78 is 5.19. The van der Waals surface area contributed by atoms with Crippen molar-refractivity contribution >= 4 is 6.09 Å². The van der Waals surface area contributed by atoms with Crippen LogP contribution in [-0.4, -0.2) is 17.7 Å². The van der Waals surface area contributed by atoms with Gasteiger partial charge in [0.25, 0.3) is 0 Å². The van der Waals surface area contributed by atoms with E-state index in [0.29, 0.717) is 12.0 Å². The van der Waals surface area contributed by atoms with Gasteiger partial charge in [-0.05, 0) is 51.8 Å². The van der Waals surface area contributed by atoms with Gasteiger partial charge in [0.2, 0.25) is 0 Å². The number of hydrogen-bond acceptors (Lipinski definition) is 3. The molecule has 0 aliphatic carbocycles. The number of alkyl carbamates (subject to hydrolysis) is 1. The minimum atomic E-state index is -0.488. The normalized spacial score (nSPS) is 12.4. The SMILES string of the molecule is C[C@@H](Cc1ccc(C#N)cc1)NC(=O)OC(C)(C)C. The quantitative estimate of drug-likeness (QED) is 0.908. The molecule has 4 heteroatoms. The molecule has 102 valence electrons. The molecule has 19 heavy (non-hydrogen) atoms. The van der Waals surface area contributed by atoms with E-state index in [1.165, 1.54) is 0 Å². The van der Waals surface area contributed by atoms with Crippen molar-refractivity contribution in [3.63, 3.8) is 0 Å². The molecular formula is C15H20N2O2. The van der Waals surface area contributed by atoms with Gasteiger partial charge in [0.15, 0.2) is 0 Å². The van der Waals surface area contributed by atoms with E-state index in [2.05, 4.69) is 11.4 Å². The average molecular weight is 260 g/mol. The fraction of sp³-hybridized carbons (Fsp3) is 0.467. The lowest BCUT2D eigenvalue weighted by Gasteiger charge is -2.22. The summed E-state index contributed by atoms with van der Waals surface area (Å²) in [6, 6.07) is 9.39. The molecule has 0 saturated carbocycles. The molecule has 1 rings (SSSR count). The van der Waals surface area contributed by atoms with Crippen LogP contribution in [0.4, 0.5) is 4.79 Å². The first-order valence-electron chi connectivity index (χ1n) is 6.29. The molecule has 1 N–H and O–H groups in total. The summed E-state index contributed by atoms with van der Waals surface area (Å²) >= 11 is 0. The zero-order chi connectivity index (χ0) is 14.5. The summed E-state index contributed by atoms with van der Waals surface area (Å²) in [7, 11) is 0. The van der Waals surface area contributed by atoms with Crippen molar-refractivity contribution in [2.24, 2.45) is 0 Å². The van der Waals surface area contributed by atoms with E-state index in [9.17, 15) is 4.79 Å². The second-order valence-corrected chi connectivity index (χ2v) is 5.56. The maximum atomic E-state index is 11.6. The molecule has 1 aromatic rings. The van der Waals surface area contributed by atoms with Crippen molar-refractivity contribution in [1.29, 1.82) is 5.26 Å². The molecule has 0 aliphatic rings. The summed E-state index contributed by atoms with van der Waals surface area (Å²) in [5.74, 6) is 0. The van der Waals surface area contributed by atoms with Crippen molar-refractivity contribution in [2.75, 3.05) is 0 Å². The second kappa shape index (κ2) is 6.24. The second-order valence-electron chi connectivity index (χ2n) is 5.56. The third kappa shape index (κ3) is 5.91. The summed E-state index contributed by atoms with van der Waals surface area (Å²) in [6.07, 6.45) is 0.291. The van der Waals surface area contributed by atoms with E-state index < -0.39 is 11.7 Å². The Morgan fingerprint density at radius 1 is 1.37 bits per heavy atom. The molecule has 1 aromatic carbocycles. The first kappa shape index (κ1) is 15.0. The molecule has 0 bridgehead atoms. The minimum Gasteiger partial charge on any atom is -0.444 e. The molecule has 0 aromatic heterocycles. The van der Waals surface area contributed by atoms with E-state index in [0.717, 1.165) is 5.56 Å². The molecule has 0 radical (unpaired) electrons. The molecule has 4 nitrogen and oxygen atoms in total. The van der Waals surface area contributed by atoms with Gasteiger partial charge >= 0.3 is 6.09 Å². The van der Waals surface area contributed by atoms with Gasteiger partial charge in [0, 0.05) is 6.04 Å². The number of nitrogens with zero attached hydrogens (tertiary/aromatic N) is 1. The number of amides is 1. The Balaban J connectivity index is 2.48. The van der Waals surface area contributed by atoms with Crippen molar-refractivity contribution in [3.05, 3.63) is 35.4 Å². The van der Waals surface area contributed by atoms with E-state index in [1.54, 1.807) is 12.1 Å². The molecule has 0 spiro atoms. The van der Waals surface area contributed by atoms with Gasteiger partial charge in [-0.2, -0.15) is 5.26 Å². The topological polar surface area (TPSA) is 62.1 Å². The number of nitrogens with one attached hydrogen (secondary N) is 1. The Morgan fingerprint density at radius 3 is 2.42 bits per heavy atom. The molecule has 1 atom stereocenters. The zero-order valence-corrected chi connectivity index (χ0v) is 11.9. The number of rotatable bonds is 3. The van der Waals surface area contributed by atoms with Crippen LogP contribution in [0.3, 0.4) is 0 Å². The van der Waals surface area contributed by atoms with Gasteiger partial charge in [-0.25, -0.2) is 4.79 Å². The van der Waals surface area contributed by atoms with E-state index in [-0.39, 0.29) is 6.04 Å². The third-order valence-electron chi connectivity index (χ3n) is 2.39. The Bertz CT molecular complexity index is 466. The fourth-order valence-electron chi connectivity index (χ4n) is 1.63. The largest absolute Gasteiger partial charge is 0.444 e. The van der Waals surface area contributed by atoms with E-state index >= 15 is 0 Å². The van der Waals surface area contributed by atoms with Crippen molar-refractivity contribution < 1.29 is 9.53 Å². The number of nitriles is 1. The van der Waals surface area contributed by atoms with Gasteiger partial charge in [0.1, 0.15) is 5.60 Å². The fourth-order valence-corrected chi connectivity index (χ4v) is 1.63. The minimum absolute atomic E-state index is 0.0252. The van der Waals surface area contributed by atoms with Crippen LogP contribution in [-0.2, 0) is 11.2 Å². The van der Waals surface area contributed by atoms with Crippen LogP contribution in [0.5, 0.6) is 0 Å². The summed E-state index contributed by atoms with van der Waals surface area (Å²) in [5.41, 5.74) is 1.22. The predicted molar refractivity (Wildman–Crippen MR) is 73.7 cm³/mol. The predicted octanol–water partition coefficient (Wildman–Crippen LogP) is 3.01. The lowest BCUT2D eigenvalue weighted by atomic mass is 10.1. The van der Waals surface area contributed by atoms with Crippen LogP contribution in [0.15, 0.2) is 24.3 Å². The van der Waals surface area contributed by atoms with Gasteiger partial charge in [-0.1, -0.05) is 12.1 Å². The molecule has 0 unspecified atom stereocenters. The average Bonchev–Trinajstić information content (AvgIpc) is 2.27. The number of carbonyl (C=O) groups excluding carboxylic acids is 1. The Hall–Kier alpha value is -2.02. The highest BCUT2D eigenvalue weighted by atomic mass is 16.6. The Kier molecular flexibility index (Phi) is 4.94. The Morgan fingerprint density at radius 2 is 1.95 bits per heavy atom. The van der Waals surface area contributed by atoms with Crippen LogP contribution >= 0.6 is 0 Å². The maximum absolute atomic E-state index is 11.6. The van der Waals surface area contributed by atoms with Crippen LogP contribution < -0.4 is 5.32 Å². The van der Waals surface area contributed by atoms with Crippen LogP contribution in [0.25, 0.3) is 0 Å². The van der Waals surface area contributed by atoms with E-state index in [1.807, 2.05) is 39.8 Å². The molecule has 0 fully saturated rings. The number of hydrogen-bond donors (Lipinski definition) is 1. The monoisotopic (exact) mass is 260 g/mol. The molecule has 1 amide bonds. The highest BCUT2D eigenvalue weighted by molar-refractivity contribution is 5.68. The van der Waals surface area contributed by atoms with Crippen LogP contribution in [0.1, 0.15) is 38.8 Å². The maximum Gasteiger partial charge on any atom is 0.407 e. The van der Waals surface area contributed by atoms with E-state index in [4.69, 9.17) is 10.00 Å². The standard InChI is InChI=1S/C15H20N2O2/c1-11(17-14(18)19-15(2,3)4)9-12-5-7-13(10-16)8-6-12/h5-8,11H,9H2,1-4H3,(H,17,18)/t11-/m0/s1. The third-order valence-corrected chi connectivity index (χ3v) is 2.39. The van der Waals surface area contributed by atoms with Crippen LogP contribution in [0.2, 0.25) is 0 Å². The summed E-state index contributed by atoms with van der Waals surface area (Å²) in [4.78, 5) is 11.6. The first-order chi connectivity index (χ1) is 8.80. The molecule has 0 saturated heterocycles. The highest BCUT2D eigenvalue weighted by Crippen LogP contribution is 2.09. The first-order valence-corrected chi connectivity index (χ1v) is 6.29. The van der Waals surface area contributed by atoms with Crippen LogP contribution in [0, 0.1) is 11.3 Å². The lowest BCUT2D eigenvalue weighted by Crippen LogP contribution is -2.38. The molecule has 0 aliphatic heterocycles. The number of benzene rings is 1. The van der Waals surface area contributed by atoms with Crippen molar-refractivity contribution in [2.45, 2.75) is 45.8 Å². The summed E-state index contributed by atoms with van der Waals surface area (Å²) in [6.45, 7) is 7.41. The number of ether oxygens (including phenoxy) is 1. The van der Waals surface area contributed by atoms with Crippen molar-refractivity contribution in [3.8, 4) is 6.07 Å². The smallest absolute Gasteiger partial charge is 0.407 e. The molecule has 0 heterocycles. The zero-order valence-electron chi connectivity index (χ0n) is 11.9.